The van der Waals surface area contributed by atoms with Gasteiger partial charge in [-0.1, -0.05) is 36.4 Å². The van der Waals surface area contributed by atoms with Crippen LogP contribution in [0.4, 0.5) is 5.95 Å². The highest BCUT2D eigenvalue weighted by Gasteiger charge is 2.21. The summed E-state index contributed by atoms with van der Waals surface area (Å²) in [5, 5.41) is 3.47. The summed E-state index contributed by atoms with van der Waals surface area (Å²) >= 11 is 0. The molecule has 8 nitrogen and oxygen atoms in total. The van der Waals surface area contributed by atoms with Crippen LogP contribution in [0.1, 0.15) is 11.1 Å². The van der Waals surface area contributed by atoms with Crippen LogP contribution in [0.25, 0.3) is 0 Å². The van der Waals surface area contributed by atoms with Gasteiger partial charge in [0.15, 0.2) is 17.5 Å². The molecule has 0 amide bonds. The number of piperazine rings is 1. The van der Waals surface area contributed by atoms with Gasteiger partial charge in [0.25, 0.3) is 0 Å². The van der Waals surface area contributed by atoms with Crippen molar-refractivity contribution < 1.29 is 9.47 Å². The summed E-state index contributed by atoms with van der Waals surface area (Å²) in [7, 11) is 3.48. The van der Waals surface area contributed by atoms with Gasteiger partial charge in [0.1, 0.15) is 6.61 Å². The number of nitrogens with zero attached hydrogens (tertiary/aromatic N) is 5. The van der Waals surface area contributed by atoms with E-state index in [-0.39, 0.29) is 0 Å². The molecule has 1 N–H and O–H groups in total. The molecule has 8 heteroatoms. The van der Waals surface area contributed by atoms with Gasteiger partial charge in [-0.2, -0.15) is 0 Å². The van der Waals surface area contributed by atoms with E-state index in [2.05, 4.69) is 30.1 Å². The first-order valence-electron chi connectivity index (χ1n) is 11.1. The van der Waals surface area contributed by atoms with Crippen molar-refractivity contribution in [2.75, 3.05) is 45.2 Å². The van der Waals surface area contributed by atoms with Gasteiger partial charge in [-0.15, -0.1) is 0 Å². The maximum absolute atomic E-state index is 5.97. The van der Waals surface area contributed by atoms with E-state index >= 15 is 0 Å². The van der Waals surface area contributed by atoms with E-state index < -0.39 is 0 Å². The fourth-order valence-corrected chi connectivity index (χ4v) is 3.76. The number of benzene rings is 2. The monoisotopic (exact) mass is 446 g/mol. The minimum atomic E-state index is 0.501. The van der Waals surface area contributed by atoms with E-state index in [0.29, 0.717) is 13.2 Å². The summed E-state index contributed by atoms with van der Waals surface area (Å²) in [6.07, 6.45) is 3.56. The lowest BCUT2D eigenvalue weighted by Gasteiger charge is -2.36. The number of nitrogens with one attached hydrogen (secondary N) is 1. The summed E-state index contributed by atoms with van der Waals surface area (Å²) < 4.78 is 11.5. The number of hydrogen-bond acceptors (Lipinski definition) is 6. The Morgan fingerprint density at radius 1 is 0.939 bits per heavy atom. The molecule has 0 spiro atoms. The Morgan fingerprint density at radius 3 is 2.39 bits per heavy atom. The van der Waals surface area contributed by atoms with Crippen molar-refractivity contribution in [3.8, 4) is 11.5 Å². The molecular formula is C25H30N6O2. The number of guanidine groups is 1. The molecule has 1 saturated heterocycles. The second-order valence-corrected chi connectivity index (χ2v) is 7.68. The van der Waals surface area contributed by atoms with Gasteiger partial charge in [0.05, 0.1) is 7.11 Å². The van der Waals surface area contributed by atoms with Gasteiger partial charge in [-0.25, -0.2) is 9.97 Å². The van der Waals surface area contributed by atoms with Gasteiger partial charge >= 0.3 is 0 Å². The average Bonchev–Trinajstić information content (AvgIpc) is 2.89. The third kappa shape index (κ3) is 5.91. The molecule has 0 unspecified atom stereocenters. The normalized spacial score (nSPS) is 14.2. The molecule has 3 aromatic rings. The lowest BCUT2D eigenvalue weighted by Crippen LogP contribution is -2.52. The van der Waals surface area contributed by atoms with Crippen LogP contribution >= 0.6 is 0 Å². The predicted molar refractivity (Wildman–Crippen MR) is 130 cm³/mol. The molecule has 1 aromatic heterocycles. The first-order valence-corrected chi connectivity index (χ1v) is 11.1. The van der Waals surface area contributed by atoms with Crippen LogP contribution in [0.15, 0.2) is 72.0 Å². The van der Waals surface area contributed by atoms with E-state index in [1.807, 2.05) is 61.6 Å². The molecule has 0 aliphatic carbocycles. The zero-order valence-electron chi connectivity index (χ0n) is 19.1. The van der Waals surface area contributed by atoms with Crippen LogP contribution in [-0.4, -0.2) is 61.2 Å². The Morgan fingerprint density at radius 2 is 1.70 bits per heavy atom. The van der Waals surface area contributed by atoms with Crippen LogP contribution in [0, 0.1) is 0 Å². The van der Waals surface area contributed by atoms with Crippen LogP contribution in [0.3, 0.4) is 0 Å². The third-order valence-electron chi connectivity index (χ3n) is 5.54. The maximum Gasteiger partial charge on any atom is 0.225 e. The molecule has 33 heavy (non-hydrogen) atoms. The van der Waals surface area contributed by atoms with Gasteiger partial charge in [-0.3, -0.25) is 4.99 Å². The lowest BCUT2D eigenvalue weighted by atomic mass is 10.2. The Balaban J connectivity index is 1.31. The standard InChI is InChI=1S/C25H30N6O2/c1-26-24(30-13-15-31(16-14-30)25-27-11-6-12-28-25)29-18-21-9-10-22(23(17-21)32-2)33-19-20-7-4-3-5-8-20/h3-12,17H,13-16,18-19H2,1-2H3,(H,26,29). The number of rotatable bonds is 7. The Kier molecular flexibility index (Phi) is 7.58. The van der Waals surface area contributed by atoms with Crippen molar-refractivity contribution in [1.29, 1.82) is 0 Å². The van der Waals surface area contributed by atoms with Crippen molar-refractivity contribution in [3.05, 3.63) is 78.1 Å². The van der Waals surface area contributed by atoms with E-state index in [0.717, 1.165) is 60.7 Å². The summed E-state index contributed by atoms with van der Waals surface area (Å²) in [5.41, 5.74) is 2.21. The van der Waals surface area contributed by atoms with Crippen LogP contribution in [0.2, 0.25) is 0 Å². The SMILES string of the molecule is CN=C(NCc1ccc(OCc2ccccc2)c(OC)c1)N1CCN(c2ncccn2)CC1. The molecule has 0 radical (unpaired) electrons. The van der Waals surface area contributed by atoms with Gasteiger partial charge in [-0.05, 0) is 29.3 Å². The Bertz CT molecular complexity index is 1040. The zero-order chi connectivity index (χ0) is 22.9. The molecule has 1 aliphatic rings. The van der Waals surface area contributed by atoms with Crippen LogP contribution in [-0.2, 0) is 13.2 Å². The second kappa shape index (κ2) is 11.2. The number of aromatic nitrogens is 2. The fourth-order valence-electron chi connectivity index (χ4n) is 3.76. The Labute approximate surface area is 194 Å². The topological polar surface area (TPSA) is 75.1 Å². The van der Waals surface area contributed by atoms with Gasteiger partial charge in [0.2, 0.25) is 5.95 Å². The number of aliphatic imine (C=N–C) groups is 1. The van der Waals surface area contributed by atoms with E-state index in [9.17, 15) is 0 Å². The summed E-state index contributed by atoms with van der Waals surface area (Å²) in [5.74, 6) is 3.11. The van der Waals surface area contributed by atoms with Gasteiger partial charge < -0.3 is 24.6 Å². The van der Waals surface area contributed by atoms with E-state index in [1.165, 1.54) is 0 Å². The molecule has 1 fully saturated rings. The quantitative estimate of drug-likeness (QED) is 0.442. The third-order valence-corrected chi connectivity index (χ3v) is 5.54. The Hall–Kier alpha value is -3.81. The molecule has 2 heterocycles. The van der Waals surface area contributed by atoms with Gasteiger partial charge in [0, 0.05) is 52.2 Å². The highest BCUT2D eigenvalue weighted by molar-refractivity contribution is 5.80. The number of methoxy groups -OCH3 is 1. The predicted octanol–water partition coefficient (Wildman–Crippen LogP) is 2.96. The minimum absolute atomic E-state index is 0.501. The summed E-state index contributed by atoms with van der Waals surface area (Å²) in [6.45, 7) is 4.56. The van der Waals surface area contributed by atoms with Crippen molar-refractivity contribution in [3.63, 3.8) is 0 Å². The molecule has 172 valence electrons. The number of ether oxygens (including phenoxy) is 2. The van der Waals surface area contributed by atoms with Crippen molar-refractivity contribution >= 4 is 11.9 Å². The highest BCUT2D eigenvalue weighted by Crippen LogP contribution is 2.29. The minimum Gasteiger partial charge on any atom is -0.493 e. The van der Waals surface area contributed by atoms with Crippen LogP contribution in [0.5, 0.6) is 11.5 Å². The van der Waals surface area contributed by atoms with E-state index in [4.69, 9.17) is 9.47 Å². The zero-order valence-corrected chi connectivity index (χ0v) is 19.1. The molecule has 0 saturated carbocycles. The number of hydrogen-bond donors (Lipinski definition) is 1. The highest BCUT2D eigenvalue weighted by atomic mass is 16.5. The molecule has 4 rings (SSSR count). The van der Waals surface area contributed by atoms with E-state index in [1.54, 1.807) is 19.5 Å². The lowest BCUT2D eigenvalue weighted by molar-refractivity contribution is 0.284. The molecule has 2 aromatic carbocycles. The summed E-state index contributed by atoms with van der Waals surface area (Å²) in [4.78, 5) is 17.6. The van der Waals surface area contributed by atoms with Crippen molar-refractivity contribution in [2.24, 2.45) is 4.99 Å². The van der Waals surface area contributed by atoms with Crippen LogP contribution < -0.4 is 19.7 Å². The number of anilines is 1. The first-order chi connectivity index (χ1) is 16.3. The smallest absolute Gasteiger partial charge is 0.225 e. The maximum atomic E-state index is 5.97. The summed E-state index contributed by atoms with van der Waals surface area (Å²) in [6, 6.07) is 17.9. The first kappa shape index (κ1) is 22.4. The molecule has 0 bridgehead atoms. The van der Waals surface area contributed by atoms with Crippen molar-refractivity contribution in [1.82, 2.24) is 20.2 Å². The van der Waals surface area contributed by atoms with Crippen molar-refractivity contribution in [2.45, 2.75) is 13.2 Å². The average molecular weight is 447 g/mol. The molecule has 0 atom stereocenters. The largest absolute Gasteiger partial charge is 0.493 e. The molecule has 1 aliphatic heterocycles. The molecular weight excluding hydrogens is 416 g/mol. The second-order valence-electron chi connectivity index (χ2n) is 7.68. The fraction of sp³-hybridized carbons (Fsp3) is 0.320.